The van der Waals surface area contributed by atoms with Crippen LogP contribution in [0, 0.1) is 5.82 Å². The Morgan fingerprint density at radius 1 is 1.19 bits per heavy atom. The van der Waals surface area contributed by atoms with Crippen LogP contribution in [0.25, 0.3) is 22.3 Å². The van der Waals surface area contributed by atoms with Gasteiger partial charge in [0.1, 0.15) is 13.3 Å². The van der Waals surface area contributed by atoms with Crippen LogP contribution in [-0.2, 0) is 34.8 Å². The minimum absolute atomic E-state index is 0.0697. The molecule has 10 heteroatoms. The van der Waals surface area contributed by atoms with E-state index in [4.69, 9.17) is 14.5 Å². The molecule has 0 spiro atoms. The SMILES string of the molecule is CC[C@@]1(O)C(=O)OCc2c1cc1n(c2=O)Cc2cc3c4c(c(F)cc3nc2-1)OCN(CCNC(C)C)C4. The van der Waals surface area contributed by atoms with Crippen LogP contribution in [-0.4, -0.2) is 51.4 Å². The summed E-state index contributed by atoms with van der Waals surface area (Å²) < 4.78 is 27.6. The molecule has 0 bridgehead atoms. The van der Waals surface area contributed by atoms with Gasteiger partial charge in [0.25, 0.3) is 5.56 Å². The number of hydrogen-bond donors (Lipinski definition) is 2. The standard InChI is InChI=1S/C27H29FN4O5/c1-4-27(35)19-8-22-23-15(10-32(22)25(33)18(19)12-36-26(27)34)7-16-17-11-31(6-5-29-14(2)3)13-37-24(17)20(28)9-21(16)30-23/h7-9,14,29,35H,4-6,10-13H2,1-3H3/t27-/m0/s1. The number of fused-ring (bicyclic) bond motifs is 7. The van der Waals surface area contributed by atoms with Gasteiger partial charge in [-0.2, -0.15) is 0 Å². The van der Waals surface area contributed by atoms with Crippen molar-refractivity contribution in [2.45, 2.75) is 58.5 Å². The second-order valence-electron chi connectivity index (χ2n) is 10.3. The molecule has 0 saturated carbocycles. The fourth-order valence-electron chi connectivity index (χ4n) is 5.53. The fraction of sp³-hybridized carbons (Fsp3) is 0.444. The monoisotopic (exact) mass is 508 g/mol. The smallest absolute Gasteiger partial charge is 0.343 e. The maximum Gasteiger partial charge on any atom is 0.343 e. The number of carbonyl (C=O) groups excluding carboxylic acids is 1. The van der Waals surface area contributed by atoms with Crippen molar-refractivity contribution in [3.8, 4) is 17.1 Å². The van der Waals surface area contributed by atoms with Gasteiger partial charge in [-0.1, -0.05) is 20.8 Å². The number of carbonyl (C=O) groups is 1. The molecule has 0 unspecified atom stereocenters. The number of benzene rings is 1. The molecule has 0 fully saturated rings. The average molecular weight is 509 g/mol. The lowest BCUT2D eigenvalue weighted by Gasteiger charge is -2.31. The van der Waals surface area contributed by atoms with E-state index >= 15 is 4.39 Å². The van der Waals surface area contributed by atoms with Crippen LogP contribution in [0.2, 0.25) is 0 Å². The van der Waals surface area contributed by atoms with Gasteiger partial charge in [-0.3, -0.25) is 9.69 Å². The van der Waals surface area contributed by atoms with Crippen LogP contribution in [0.5, 0.6) is 5.75 Å². The Hall–Kier alpha value is -3.34. The average Bonchev–Trinajstić information content (AvgIpc) is 3.23. The summed E-state index contributed by atoms with van der Waals surface area (Å²) in [6.45, 7) is 8.31. The van der Waals surface area contributed by atoms with Crippen LogP contribution in [0.15, 0.2) is 23.0 Å². The normalized spacial score (nSPS) is 20.3. The number of rotatable bonds is 5. The Morgan fingerprint density at radius 2 is 2.00 bits per heavy atom. The Balaban J connectivity index is 1.44. The number of aliphatic hydroxyl groups is 1. The molecule has 194 valence electrons. The van der Waals surface area contributed by atoms with E-state index in [1.807, 2.05) is 6.07 Å². The number of cyclic esters (lactones) is 1. The largest absolute Gasteiger partial charge is 0.475 e. The first kappa shape index (κ1) is 24.0. The molecule has 3 aliphatic heterocycles. The van der Waals surface area contributed by atoms with E-state index in [0.717, 1.165) is 29.6 Å². The maximum atomic E-state index is 15.1. The van der Waals surface area contributed by atoms with E-state index in [9.17, 15) is 14.7 Å². The molecule has 1 atom stereocenters. The minimum atomic E-state index is -1.89. The first-order valence-corrected chi connectivity index (χ1v) is 12.6. The van der Waals surface area contributed by atoms with Gasteiger partial charge >= 0.3 is 5.97 Å². The highest BCUT2D eigenvalue weighted by molar-refractivity contribution is 5.89. The van der Waals surface area contributed by atoms with Gasteiger partial charge in [-0.25, -0.2) is 14.2 Å². The Kier molecular flexibility index (Phi) is 5.59. The second-order valence-corrected chi connectivity index (χ2v) is 10.3. The fourth-order valence-corrected chi connectivity index (χ4v) is 5.53. The number of nitrogens with zero attached hydrogens (tertiary/aromatic N) is 3. The van der Waals surface area contributed by atoms with Crippen molar-refractivity contribution in [1.29, 1.82) is 0 Å². The number of nitrogens with one attached hydrogen (secondary N) is 1. The molecule has 0 radical (unpaired) electrons. The molecule has 9 nitrogen and oxygen atoms in total. The molecule has 6 rings (SSSR count). The van der Waals surface area contributed by atoms with Crippen molar-refractivity contribution in [2.75, 3.05) is 19.8 Å². The molecule has 2 N–H and O–H groups in total. The van der Waals surface area contributed by atoms with Gasteiger partial charge in [0.2, 0.25) is 0 Å². The van der Waals surface area contributed by atoms with E-state index in [1.54, 1.807) is 17.6 Å². The Morgan fingerprint density at radius 3 is 2.76 bits per heavy atom. The van der Waals surface area contributed by atoms with Crippen molar-refractivity contribution in [1.82, 2.24) is 19.8 Å². The summed E-state index contributed by atoms with van der Waals surface area (Å²) in [4.78, 5) is 32.7. The summed E-state index contributed by atoms with van der Waals surface area (Å²) in [5, 5.41) is 15.2. The molecule has 0 saturated heterocycles. The van der Waals surface area contributed by atoms with E-state index in [-0.39, 0.29) is 42.0 Å². The van der Waals surface area contributed by atoms with Crippen molar-refractivity contribution in [3.63, 3.8) is 0 Å². The highest BCUT2D eigenvalue weighted by Crippen LogP contribution is 2.41. The molecule has 37 heavy (non-hydrogen) atoms. The molecule has 2 aromatic heterocycles. The summed E-state index contributed by atoms with van der Waals surface area (Å²) >= 11 is 0. The van der Waals surface area contributed by atoms with Crippen LogP contribution < -0.4 is 15.6 Å². The van der Waals surface area contributed by atoms with E-state index in [0.29, 0.717) is 36.2 Å². The highest BCUT2D eigenvalue weighted by Gasteiger charge is 2.45. The summed E-state index contributed by atoms with van der Waals surface area (Å²) in [5.41, 5.74) is 1.36. The topological polar surface area (TPSA) is 106 Å². The summed E-state index contributed by atoms with van der Waals surface area (Å²) in [7, 11) is 0. The Labute approximate surface area is 212 Å². The van der Waals surface area contributed by atoms with Crippen LogP contribution >= 0.6 is 0 Å². The number of hydrogen-bond acceptors (Lipinski definition) is 8. The summed E-state index contributed by atoms with van der Waals surface area (Å²) in [6, 6.07) is 5.35. The van der Waals surface area contributed by atoms with Gasteiger partial charge < -0.3 is 24.5 Å². The maximum absolute atomic E-state index is 15.1. The van der Waals surface area contributed by atoms with Gasteiger partial charge in [0.05, 0.1) is 29.0 Å². The van der Waals surface area contributed by atoms with Gasteiger partial charge in [0, 0.05) is 53.8 Å². The van der Waals surface area contributed by atoms with Gasteiger partial charge in [0.15, 0.2) is 17.2 Å². The predicted molar refractivity (Wildman–Crippen MR) is 134 cm³/mol. The number of ether oxygens (including phenoxy) is 2. The lowest BCUT2D eigenvalue weighted by atomic mass is 9.86. The zero-order valence-electron chi connectivity index (χ0n) is 21.1. The van der Waals surface area contributed by atoms with E-state index in [2.05, 4.69) is 24.1 Å². The zero-order valence-corrected chi connectivity index (χ0v) is 21.1. The van der Waals surface area contributed by atoms with E-state index in [1.165, 1.54) is 6.07 Å². The van der Waals surface area contributed by atoms with Crippen molar-refractivity contribution in [2.24, 2.45) is 0 Å². The third-order valence-electron chi connectivity index (χ3n) is 7.58. The third kappa shape index (κ3) is 3.65. The molecule has 1 aromatic carbocycles. The second kappa shape index (κ2) is 8.61. The van der Waals surface area contributed by atoms with Crippen molar-refractivity contribution in [3.05, 3.63) is 56.6 Å². The van der Waals surface area contributed by atoms with Gasteiger partial charge in [-0.15, -0.1) is 0 Å². The number of aromatic nitrogens is 2. The summed E-state index contributed by atoms with van der Waals surface area (Å²) in [5.74, 6) is -0.994. The first-order valence-electron chi connectivity index (χ1n) is 12.6. The first-order chi connectivity index (χ1) is 17.7. The zero-order chi connectivity index (χ0) is 26.1. The third-order valence-corrected chi connectivity index (χ3v) is 7.58. The predicted octanol–water partition coefficient (Wildman–Crippen LogP) is 2.37. The lowest BCUT2D eigenvalue weighted by molar-refractivity contribution is -0.172. The minimum Gasteiger partial charge on any atom is -0.475 e. The number of halogens is 1. The molecule has 3 aromatic rings. The molecule has 5 heterocycles. The highest BCUT2D eigenvalue weighted by atomic mass is 19.1. The Bertz CT molecular complexity index is 1520. The summed E-state index contributed by atoms with van der Waals surface area (Å²) in [6.07, 6.45) is 0.0697. The van der Waals surface area contributed by atoms with Gasteiger partial charge in [-0.05, 0) is 18.6 Å². The number of esters is 1. The van der Waals surface area contributed by atoms with Crippen LogP contribution in [0.4, 0.5) is 4.39 Å². The van der Waals surface area contributed by atoms with Crippen molar-refractivity contribution < 1.29 is 23.8 Å². The molecular weight excluding hydrogens is 479 g/mol. The number of pyridine rings is 2. The van der Waals surface area contributed by atoms with Crippen molar-refractivity contribution >= 4 is 16.9 Å². The van der Waals surface area contributed by atoms with Crippen LogP contribution in [0.3, 0.4) is 0 Å². The molecule has 3 aliphatic rings. The van der Waals surface area contributed by atoms with E-state index < -0.39 is 17.4 Å². The molecular formula is C27H29FN4O5. The lowest BCUT2D eigenvalue weighted by Crippen LogP contribution is -2.44. The molecule has 0 aliphatic carbocycles. The van der Waals surface area contributed by atoms with Crippen LogP contribution in [0.1, 0.15) is 49.4 Å². The quantitative estimate of drug-likeness (QED) is 0.396. The molecule has 0 amide bonds.